The highest BCUT2D eigenvalue weighted by molar-refractivity contribution is 6.00. The number of benzene rings is 1. The summed E-state index contributed by atoms with van der Waals surface area (Å²) in [5, 5.41) is 8.94. The van der Waals surface area contributed by atoms with Crippen LogP contribution in [0.15, 0.2) is 79.4 Å². The van der Waals surface area contributed by atoms with E-state index in [9.17, 15) is 0 Å². The summed E-state index contributed by atoms with van der Waals surface area (Å²) in [7, 11) is 0. The van der Waals surface area contributed by atoms with Gasteiger partial charge in [-0.1, -0.05) is 18.6 Å². The van der Waals surface area contributed by atoms with Gasteiger partial charge in [-0.05, 0) is 85.1 Å². The molecule has 6 aromatic rings. The molecule has 1 aliphatic rings. The van der Waals surface area contributed by atoms with Gasteiger partial charge in [-0.15, -0.1) is 0 Å². The highest BCUT2D eigenvalue weighted by Crippen LogP contribution is 2.34. The summed E-state index contributed by atoms with van der Waals surface area (Å²) >= 11 is 0. The minimum absolute atomic E-state index is 0.811. The predicted octanol–water partition coefficient (Wildman–Crippen LogP) is 6.22. The van der Waals surface area contributed by atoms with Crippen LogP contribution in [0, 0.1) is 0 Å². The molecule has 0 aliphatic carbocycles. The van der Waals surface area contributed by atoms with Crippen LogP contribution in [0.1, 0.15) is 24.8 Å². The van der Waals surface area contributed by atoms with Gasteiger partial charge in [-0.2, -0.15) is 5.10 Å². The van der Waals surface area contributed by atoms with Crippen molar-refractivity contribution in [3.63, 3.8) is 0 Å². The maximum Gasteiger partial charge on any atom is 0.135 e. The van der Waals surface area contributed by atoms with Crippen LogP contribution < -0.4 is 0 Å². The van der Waals surface area contributed by atoms with Crippen molar-refractivity contribution in [3.8, 4) is 33.8 Å². The molecule has 7 rings (SSSR count). The van der Waals surface area contributed by atoms with E-state index >= 15 is 0 Å². The number of H-pyrrole nitrogens is 2. The molecule has 1 fully saturated rings. The highest BCUT2D eigenvalue weighted by Gasteiger charge is 2.16. The first-order valence-corrected chi connectivity index (χ1v) is 12.9. The fourth-order valence-corrected chi connectivity index (χ4v) is 5.40. The second kappa shape index (κ2) is 9.26. The quantitative estimate of drug-likeness (QED) is 0.303. The molecule has 6 heterocycles. The van der Waals surface area contributed by atoms with E-state index in [2.05, 4.69) is 66.4 Å². The lowest BCUT2D eigenvalue weighted by Gasteiger charge is -2.26. The molecule has 0 unspecified atom stereocenters. The predicted molar refractivity (Wildman–Crippen MR) is 147 cm³/mol. The zero-order chi connectivity index (χ0) is 24.6. The Balaban J connectivity index is 1.26. The molecule has 0 amide bonds. The number of aromatic amines is 2. The summed E-state index contributed by atoms with van der Waals surface area (Å²) in [5.41, 5.74) is 10.0. The van der Waals surface area contributed by atoms with Gasteiger partial charge in [0.05, 0.1) is 16.9 Å². The average Bonchev–Trinajstić information content (AvgIpc) is 3.58. The zero-order valence-corrected chi connectivity index (χ0v) is 20.5. The van der Waals surface area contributed by atoms with Gasteiger partial charge in [0.15, 0.2) is 0 Å². The summed E-state index contributed by atoms with van der Waals surface area (Å²) in [4.78, 5) is 19.8. The van der Waals surface area contributed by atoms with E-state index in [0.717, 1.165) is 62.3 Å². The second-order valence-corrected chi connectivity index (χ2v) is 9.77. The van der Waals surface area contributed by atoms with Crippen molar-refractivity contribution in [2.75, 3.05) is 13.1 Å². The molecule has 37 heavy (non-hydrogen) atoms. The summed E-state index contributed by atoms with van der Waals surface area (Å²) in [5.74, 6) is 0. The molecule has 0 saturated carbocycles. The number of nitrogens with one attached hydrogen (secondary N) is 2. The van der Waals surface area contributed by atoms with Gasteiger partial charge < -0.3 is 4.98 Å². The molecule has 7 nitrogen and oxygen atoms in total. The average molecular weight is 486 g/mol. The molecule has 1 aromatic carbocycles. The molecule has 0 atom stereocenters. The number of nitrogens with zero attached hydrogens (tertiary/aromatic N) is 5. The largest absolute Gasteiger partial charge is 0.353 e. The van der Waals surface area contributed by atoms with Crippen molar-refractivity contribution < 1.29 is 0 Å². The Morgan fingerprint density at radius 1 is 0.811 bits per heavy atom. The zero-order valence-electron chi connectivity index (χ0n) is 20.5. The van der Waals surface area contributed by atoms with Crippen LogP contribution in [0.25, 0.3) is 55.7 Å². The van der Waals surface area contributed by atoms with Crippen LogP contribution in [0.3, 0.4) is 0 Å². The number of piperidine rings is 1. The maximum absolute atomic E-state index is 5.04. The molecule has 1 aliphatic heterocycles. The lowest BCUT2D eigenvalue weighted by Crippen LogP contribution is -2.29. The van der Waals surface area contributed by atoms with Crippen LogP contribution in [0.4, 0.5) is 0 Å². The van der Waals surface area contributed by atoms with Gasteiger partial charge >= 0.3 is 0 Å². The van der Waals surface area contributed by atoms with Gasteiger partial charge in [0, 0.05) is 47.8 Å². The SMILES string of the molecule is c1cc(-c2ccncc2)c2cc(-c3n[nH]c4ccc(-c5cncc(CN6CCCCC6)c5)nc34)[nH]c2c1. The van der Waals surface area contributed by atoms with Crippen LogP contribution in [0.5, 0.6) is 0 Å². The van der Waals surface area contributed by atoms with Crippen molar-refractivity contribution in [2.45, 2.75) is 25.8 Å². The van der Waals surface area contributed by atoms with Gasteiger partial charge in [0.2, 0.25) is 0 Å². The van der Waals surface area contributed by atoms with Crippen molar-refractivity contribution in [3.05, 3.63) is 84.9 Å². The fourth-order valence-electron chi connectivity index (χ4n) is 5.40. The Morgan fingerprint density at radius 3 is 2.59 bits per heavy atom. The van der Waals surface area contributed by atoms with Crippen LogP contribution in [-0.4, -0.2) is 48.1 Å². The third kappa shape index (κ3) is 4.17. The lowest BCUT2D eigenvalue weighted by atomic mass is 10.0. The minimum Gasteiger partial charge on any atom is -0.353 e. The number of aromatic nitrogens is 6. The standard InChI is InChI=1S/C30H27N7/c1-2-13-37(14-3-1)19-20-15-22(18-32-17-20)25-7-8-27-29(34-25)30(36-35-27)28-16-24-23(5-4-6-26(24)33-28)21-9-11-31-12-10-21/h4-12,15-18,33H,1-3,13-14,19H2,(H,35,36). The monoisotopic (exact) mass is 485 g/mol. The highest BCUT2D eigenvalue weighted by atomic mass is 15.1. The number of likely N-dealkylation sites (tertiary alicyclic amines) is 1. The first kappa shape index (κ1) is 21.9. The third-order valence-electron chi connectivity index (χ3n) is 7.26. The molecule has 5 aromatic heterocycles. The Morgan fingerprint density at radius 2 is 1.70 bits per heavy atom. The van der Waals surface area contributed by atoms with Gasteiger partial charge in [0.1, 0.15) is 11.2 Å². The van der Waals surface area contributed by atoms with Crippen molar-refractivity contribution in [1.29, 1.82) is 0 Å². The summed E-state index contributed by atoms with van der Waals surface area (Å²) in [6.45, 7) is 3.27. The van der Waals surface area contributed by atoms with E-state index in [1.54, 1.807) is 0 Å². The number of rotatable bonds is 5. The summed E-state index contributed by atoms with van der Waals surface area (Å²) in [6, 6.07) is 18.8. The van der Waals surface area contributed by atoms with Crippen molar-refractivity contribution in [1.82, 2.24) is 35.0 Å². The molecule has 182 valence electrons. The Bertz CT molecular complexity index is 1690. The van der Waals surface area contributed by atoms with E-state index < -0.39 is 0 Å². The van der Waals surface area contributed by atoms with Gasteiger partial charge in [-0.3, -0.25) is 20.0 Å². The molecular formula is C30H27N7. The maximum atomic E-state index is 5.04. The smallest absolute Gasteiger partial charge is 0.135 e. The van der Waals surface area contributed by atoms with E-state index in [1.165, 1.54) is 37.9 Å². The van der Waals surface area contributed by atoms with E-state index in [-0.39, 0.29) is 0 Å². The van der Waals surface area contributed by atoms with E-state index in [0.29, 0.717) is 0 Å². The number of fused-ring (bicyclic) bond motifs is 2. The van der Waals surface area contributed by atoms with Gasteiger partial charge in [-0.25, -0.2) is 4.98 Å². The van der Waals surface area contributed by atoms with Crippen molar-refractivity contribution in [2.24, 2.45) is 0 Å². The summed E-state index contributed by atoms with van der Waals surface area (Å²) < 4.78 is 0. The Hall–Kier alpha value is -4.36. The molecule has 1 saturated heterocycles. The molecular weight excluding hydrogens is 458 g/mol. The Labute approximate surface area is 214 Å². The molecule has 0 radical (unpaired) electrons. The first-order valence-electron chi connectivity index (χ1n) is 12.9. The van der Waals surface area contributed by atoms with E-state index in [4.69, 9.17) is 4.98 Å². The number of hydrogen-bond acceptors (Lipinski definition) is 5. The first-order chi connectivity index (χ1) is 18.3. The van der Waals surface area contributed by atoms with Crippen LogP contribution >= 0.6 is 0 Å². The number of hydrogen-bond donors (Lipinski definition) is 2. The molecule has 2 N–H and O–H groups in total. The normalized spacial score (nSPS) is 14.5. The Kier molecular flexibility index (Phi) is 5.48. The number of pyridine rings is 3. The summed E-state index contributed by atoms with van der Waals surface area (Å²) in [6.07, 6.45) is 11.4. The van der Waals surface area contributed by atoms with E-state index in [1.807, 2.05) is 43.0 Å². The molecule has 0 spiro atoms. The fraction of sp³-hybridized carbons (Fsp3) is 0.200. The van der Waals surface area contributed by atoms with Gasteiger partial charge in [0.25, 0.3) is 0 Å². The third-order valence-corrected chi connectivity index (χ3v) is 7.26. The minimum atomic E-state index is 0.811. The van der Waals surface area contributed by atoms with Crippen LogP contribution in [0.2, 0.25) is 0 Å². The van der Waals surface area contributed by atoms with Crippen LogP contribution in [-0.2, 0) is 6.54 Å². The molecule has 7 heteroatoms. The second-order valence-electron chi connectivity index (χ2n) is 9.77. The topological polar surface area (TPSA) is 86.4 Å². The molecule has 0 bridgehead atoms. The lowest BCUT2D eigenvalue weighted by molar-refractivity contribution is 0.220. The van der Waals surface area contributed by atoms with Crippen molar-refractivity contribution >= 4 is 21.9 Å².